The standard InChI is InChI=1S/C18H22N2O/c1-12(2)13-6-8-16(9-7-13)20-17-5-3-4-14(17)10-15(11-19)18(20)21/h6-10,12H,3-5,11,19H2,1-2H3. The van der Waals surface area contributed by atoms with E-state index in [9.17, 15) is 4.79 Å². The molecule has 110 valence electrons. The van der Waals surface area contributed by atoms with E-state index in [1.165, 1.54) is 11.1 Å². The van der Waals surface area contributed by atoms with Gasteiger partial charge in [-0.1, -0.05) is 26.0 Å². The molecule has 3 heteroatoms. The van der Waals surface area contributed by atoms with Crippen molar-refractivity contribution in [3.8, 4) is 5.69 Å². The Morgan fingerprint density at radius 3 is 2.52 bits per heavy atom. The highest BCUT2D eigenvalue weighted by atomic mass is 16.1. The lowest BCUT2D eigenvalue weighted by Crippen LogP contribution is -2.27. The second-order valence-electron chi connectivity index (χ2n) is 6.09. The summed E-state index contributed by atoms with van der Waals surface area (Å²) in [7, 11) is 0. The molecule has 0 fully saturated rings. The molecule has 0 saturated heterocycles. The van der Waals surface area contributed by atoms with Gasteiger partial charge in [0.05, 0.1) is 0 Å². The topological polar surface area (TPSA) is 48.0 Å². The number of nitrogens with zero attached hydrogens (tertiary/aromatic N) is 1. The third-order valence-corrected chi connectivity index (χ3v) is 4.36. The van der Waals surface area contributed by atoms with E-state index in [0.29, 0.717) is 18.0 Å². The van der Waals surface area contributed by atoms with E-state index in [0.717, 1.165) is 30.6 Å². The molecule has 0 saturated carbocycles. The monoisotopic (exact) mass is 282 g/mol. The molecule has 2 N–H and O–H groups in total. The third kappa shape index (κ3) is 2.42. The molecule has 0 bridgehead atoms. The van der Waals surface area contributed by atoms with Crippen LogP contribution in [0.1, 0.15) is 48.6 Å². The van der Waals surface area contributed by atoms with Gasteiger partial charge in [0.1, 0.15) is 0 Å². The maximum absolute atomic E-state index is 12.7. The van der Waals surface area contributed by atoms with Crippen LogP contribution < -0.4 is 11.3 Å². The smallest absolute Gasteiger partial charge is 0.259 e. The molecule has 0 radical (unpaired) electrons. The van der Waals surface area contributed by atoms with E-state index in [-0.39, 0.29) is 5.56 Å². The van der Waals surface area contributed by atoms with Gasteiger partial charge in [0.15, 0.2) is 0 Å². The van der Waals surface area contributed by atoms with Crippen molar-refractivity contribution in [1.82, 2.24) is 4.57 Å². The maximum atomic E-state index is 12.7. The summed E-state index contributed by atoms with van der Waals surface area (Å²) in [6, 6.07) is 10.3. The summed E-state index contributed by atoms with van der Waals surface area (Å²) in [5.41, 5.74) is 11.2. The molecule has 1 heterocycles. The van der Waals surface area contributed by atoms with Crippen LogP contribution in [-0.4, -0.2) is 4.57 Å². The van der Waals surface area contributed by atoms with Crippen LogP contribution in [-0.2, 0) is 19.4 Å². The van der Waals surface area contributed by atoms with Crippen LogP contribution in [0.15, 0.2) is 35.1 Å². The SMILES string of the molecule is CC(C)c1ccc(-n2c3c(cc(CN)c2=O)CCC3)cc1. The molecule has 2 aromatic rings. The number of rotatable bonds is 3. The van der Waals surface area contributed by atoms with Gasteiger partial charge in [-0.15, -0.1) is 0 Å². The molecule has 3 rings (SSSR count). The molecule has 0 atom stereocenters. The minimum Gasteiger partial charge on any atom is -0.326 e. The minimum absolute atomic E-state index is 0.0375. The van der Waals surface area contributed by atoms with E-state index < -0.39 is 0 Å². The van der Waals surface area contributed by atoms with Gasteiger partial charge in [0.25, 0.3) is 5.56 Å². The van der Waals surface area contributed by atoms with Crippen LogP contribution in [0.4, 0.5) is 0 Å². The molecule has 0 unspecified atom stereocenters. The van der Waals surface area contributed by atoms with Gasteiger partial charge in [-0.2, -0.15) is 0 Å². The molecule has 3 nitrogen and oxygen atoms in total. The van der Waals surface area contributed by atoms with E-state index in [4.69, 9.17) is 5.73 Å². The van der Waals surface area contributed by atoms with Gasteiger partial charge in [-0.05, 0) is 54.5 Å². The summed E-state index contributed by atoms with van der Waals surface area (Å²) in [5.74, 6) is 0.497. The predicted molar refractivity (Wildman–Crippen MR) is 86.0 cm³/mol. The molecule has 21 heavy (non-hydrogen) atoms. The van der Waals surface area contributed by atoms with Crippen molar-refractivity contribution < 1.29 is 0 Å². The summed E-state index contributed by atoms with van der Waals surface area (Å²) in [6.45, 7) is 4.65. The Labute approximate surface area is 125 Å². The van der Waals surface area contributed by atoms with Gasteiger partial charge in [-0.3, -0.25) is 9.36 Å². The normalized spacial score (nSPS) is 13.7. The Morgan fingerprint density at radius 2 is 1.90 bits per heavy atom. The Bertz CT molecular complexity index is 711. The van der Waals surface area contributed by atoms with Crippen molar-refractivity contribution in [2.45, 2.75) is 45.6 Å². The fraction of sp³-hybridized carbons (Fsp3) is 0.389. The highest BCUT2D eigenvalue weighted by Gasteiger charge is 2.19. The van der Waals surface area contributed by atoms with Crippen LogP contribution in [0.5, 0.6) is 0 Å². The fourth-order valence-corrected chi connectivity index (χ4v) is 3.13. The van der Waals surface area contributed by atoms with Crippen molar-refractivity contribution in [3.63, 3.8) is 0 Å². The van der Waals surface area contributed by atoms with E-state index >= 15 is 0 Å². The van der Waals surface area contributed by atoms with Gasteiger partial charge in [0, 0.05) is 23.5 Å². The molecule has 1 aromatic carbocycles. The number of benzene rings is 1. The largest absolute Gasteiger partial charge is 0.326 e. The van der Waals surface area contributed by atoms with Crippen molar-refractivity contribution in [1.29, 1.82) is 0 Å². The molecule has 1 aliphatic carbocycles. The van der Waals surface area contributed by atoms with Crippen LogP contribution in [0.3, 0.4) is 0 Å². The highest BCUT2D eigenvalue weighted by Crippen LogP contribution is 2.24. The summed E-state index contributed by atoms with van der Waals surface area (Å²) in [6.07, 6.45) is 3.14. The molecule has 1 aromatic heterocycles. The molecule has 0 spiro atoms. The first-order valence-electron chi connectivity index (χ1n) is 7.69. The van der Waals surface area contributed by atoms with E-state index in [1.54, 1.807) is 0 Å². The molecular weight excluding hydrogens is 260 g/mol. The number of nitrogens with two attached hydrogens (primary N) is 1. The van der Waals surface area contributed by atoms with Gasteiger partial charge >= 0.3 is 0 Å². The van der Waals surface area contributed by atoms with Crippen LogP contribution in [0, 0.1) is 0 Å². The Balaban J connectivity index is 2.17. The lowest BCUT2D eigenvalue weighted by atomic mass is 10.0. The summed E-state index contributed by atoms with van der Waals surface area (Å²) in [4.78, 5) is 12.7. The molecule has 0 amide bonds. The second-order valence-corrected chi connectivity index (χ2v) is 6.09. The summed E-state index contributed by atoms with van der Waals surface area (Å²) in [5, 5.41) is 0. The highest BCUT2D eigenvalue weighted by molar-refractivity contribution is 5.42. The van der Waals surface area contributed by atoms with Crippen molar-refractivity contribution in [2.24, 2.45) is 5.73 Å². The zero-order chi connectivity index (χ0) is 15.0. The first-order valence-corrected chi connectivity index (χ1v) is 7.69. The number of pyridine rings is 1. The van der Waals surface area contributed by atoms with Crippen molar-refractivity contribution in [2.75, 3.05) is 0 Å². The lowest BCUT2D eigenvalue weighted by Gasteiger charge is -2.15. The summed E-state index contributed by atoms with van der Waals surface area (Å²) >= 11 is 0. The first-order chi connectivity index (χ1) is 10.1. The average Bonchev–Trinajstić information content (AvgIpc) is 2.94. The Morgan fingerprint density at radius 1 is 1.19 bits per heavy atom. The second kappa shape index (κ2) is 5.49. The summed E-state index contributed by atoms with van der Waals surface area (Å²) < 4.78 is 1.87. The van der Waals surface area contributed by atoms with Crippen LogP contribution >= 0.6 is 0 Å². The molecule has 0 aliphatic heterocycles. The fourth-order valence-electron chi connectivity index (χ4n) is 3.13. The van der Waals surface area contributed by atoms with Gasteiger partial charge in [-0.25, -0.2) is 0 Å². The lowest BCUT2D eigenvalue weighted by molar-refractivity contribution is 0.833. The van der Waals surface area contributed by atoms with Gasteiger partial charge in [0.2, 0.25) is 0 Å². The first kappa shape index (κ1) is 14.1. The maximum Gasteiger partial charge on any atom is 0.259 e. The van der Waals surface area contributed by atoms with Crippen molar-refractivity contribution >= 4 is 0 Å². The van der Waals surface area contributed by atoms with Gasteiger partial charge < -0.3 is 5.73 Å². The molecular formula is C18H22N2O. The minimum atomic E-state index is 0.0375. The number of hydrogen-bond donors (Lipinski definition) is 1. The van der Waals surface area contributed by atoms with E-state index in [1.807, 2.05) is 10.6 Å². The van der Waals surface area contributed by atoms with Crippen LogP contribution in [0.25, 0.3) is 5.69 Å². The predicted octanol–water partition coefficient (Wildman–Crippen LogP) is 2.91. The van der Waals surface area contributed by atoms with Crippen LogP contribution in [0.2, 0.25) is 0 Å². The number of aryl methyl sites for hydroxylation is 1. The molecule has 1 aliphatic rings. The zero-order valence-electron chi connectivity index (χ0n) is 12.7. The third-order valence-electron chi connectivity index (χ3n) is 4.36. The number of fused-ring (bicyclic) bond motifs is 1. The zero-order valence-corrected chi connectivity index (χ0v) is 12.7. The quantitative estimate of drug-likeness (QED) is 0.941. The van der Waals surface area contributed by atoms with Crippen molar-refractivity contribution in [3.05, 3.63) is 63.1 Å². The van der Waals surface area contributed by atoms with E-state index in [2.05, 4.69) is 38.1 Å². The number of aromatic nitrogens is 1. The number of hydrogen-bond acceptors (Lipinski definition) is 2. The average molecular weight is 282 g/mol. The Hall–Kier alpha value is -1.87. The Kier molecular flexibility index (Phi) is 3.68.